The quantitative estimate of drug-likeness (QED) is 0.767. The standard InChI is InChI=1S/C18H21N5OS/c1-10-6-5-7-12-15(10)21-16(19-12)17(24)23-9-14-13(8-11(23)2)20-18(25-14)22(3)4/h5-7,11H,8-9H2,1-4H3,(H,19,21)/t11-/m1/s1. The van der Waals surface area contributed by atoms with Crippen LogP contribution in [0.15, 0.2) is 18.2 Å². The van der Waals surface area contributed by atoms with Crippen molar-refractivity contribution < 1.29 is 4.79 Å². The number of H-pyrrole nitrogens is 1. The summed E-state index contributed by atoms with van der Waals surface area (Å²) in [6.45, 7) is 4.67. The van der Waals surface area contributed by atoms with E-state index in [0.29, 0.717) is 12.4 Å². The number of anilines is 1. The fourth-order valence-electron chi connectivity index (χ4n) is 3.23. The summed E-state index contributed by atoms with van der Waals surface area (Å²) in [5, 5.41) is 0.992. The molecule has 1 atom stereocenters. The molecule has 6 nitrogen and oxygen atoms in total. The second-order valence-electron chi connectivity index (χ2n) is 6.80. The fraction of sp³-hybridized carbons (Fsp3) is 0.389. The van der Waals surface area contributed by atoms with Gasteiger partial charge in [0.15, 0.2) is 11.0 Å². The van der Waals surface area contributed by atoms with Crippen molar-refractivity contribution in [2.24, 2.45) is 0 Å². The van der Waals surface area contributed by atoms with E-state index in [1.54, 1.807) is 11.3 Å². The van der Waals surface area contributed by atoms with Crippen molar-refractivity contribution >= 4 is 33.4 Å². The summed E-state index contributed by atoms with van der Waals surface area (Å²) in [5.41, 5.74) is 3.95. The molecule has 1 aliphatic heterocycles. The second-order valence-corrected chi connectivity index (χ2v) is 7.87. The number of benzene rings is 1. The van der Waals surface area contributed by atoms with E-state index in [1.807, 2.05) is 49.0 Å². The zero-order chi connectivity index (χ0) is 17.7. The summed E-state index contributed by atoms with van der Waals surface area (Å²) < 4.78 is 0. The van der Waals surface area contributed by atoms with Crippen LogP contribution in [0, 0.1) is 6.92 Å². The number of thiazole rings is 1. The van der Waals surface area contributed by atoms with Gasteiger partial charge in [0.2, 0.25) is 0 Å². The van der Waals surface area contributed by atoms with Crippen molar-refractivity contribution in [2.75, 3.05) is 19.0 Å². The minimum absolute atomic E-state index is 0.0476. The summed E-state index contributed by atoms with van der Waals surface area (Å²) in [7, 11) is 3.99. The number of aryl methyl sites for hydroxylation is 1. The summed E-state index contributed by atoms with van der Waals surface area (Å²) in [5.74, 6) is 0.366. The lowest BCUT2D eigenvalue weighted by atomic mass is 10.1. The van der Waals surface area contributed by atoms with Gasteiger partial charge in [-0.15, -0.1) is 0 Å². The molecule has 0 fully saturated rings. The third-order valence-electron chi connectivity index (χ3n) is 4.66. The first-order chi connectivity index (χ1) is 11.9. The Morgan fingerprint density at radius 3 is 2.88 bits per heavy atom. The molecule has 3 aromatic rings. The Labute approximate surface area is 150 Å². The molecule has 7 heteroatoms. The molecule has 130 valence electrons. The number of carbonyl (C=O) groups is 1. The van der Waals surface area contributed by atoms with Crippen molar-refractivity contribution in [1.82, 2.24) is 19.9 Å². The molecule has 1 N–H and O–H groups in total. The molecule has 0 unspecified atom stereocenters. The Hall–Kier alpha value is -2.41. The van der Waals surface area contributed by atoms with Gasteiger partial charge in [0.25, 0.3) is 5.91 Å². The summed E-state index contributed by atoms with van der Waals surface area (Å²) in [6, 6.07) is 6.04. The number of rotatable bonds is 2. The number of hydrogen-bond donors (Lipinski definition) is 1. The van der Waals surface area contributed by atoms with Crippen molar-refractivity contribution in [2.45, 2.75) is 32.9 Å². The van der Waals surface area contributed by atoms with Gasteiger partial charge < -0.3 is 14.8 Å². The number of aromatic nitrogens is 3. The van der Waals surface area contributed by atoms with Crippen LogP contribution in [0.5, 0.6) is 0 Å². The van der Waals surface area contributed by atoms with Crippen LogP contribution in [0.1, 0.15) is 33.7 Å². The molecule has 0 radical (unpaired) electrons. The van der Waals surface area contributed by atoms with E-state index >= 15 is 0 Å². The number of hydrogen-bond acceptors (Lipinski definition) is 5. The van der Waals surface area contributed by atoms with Gasteiger partial charge in [-0.3, -0.25) is 4.79 Å². The van der Waals surface area contributed by atoms with Crippen LogP contribution < -0.4 is 4.90 Å². The Morgan fingerprint density at radius 2 is 2.16 bits per heavy atom. The Morgan fingerprint density at radius 1 is 1.36 bits per heavy atom. The lowest BCUT2D eigenvalue weighted by molar-refractivity contribution is 0.0649. The number of amides is 1. The molecule has 0 spiro atoms. The highest BCUT2D eigenvalue weighted by atomic mass is 32.1. The van der Waals surface area contributed by atoms with Crippen LogP contribution in [0.4, 0.5) is 5.13 Å². The van der Waals surface area contributed by atoms with Gasteiger partial charge in [-0.2, -0.15) is 0 Å². The molecule has 1 aliphatic rings. The van der Waals surface area contributed by atoms with Crippen molar-refractivity contribution in [3.63, 3.8) is 0 Å². The fourth-order valence-corrected chi connectivity index (χ4v) is 4.24. The van der Waals surface area contributed by atoms with Gasteiger partial charge in [0.1, 0.15) is 0 Å². The number of nitrogens with zero attached hydrogens (tertiary/aromatic N) is 4. The molecule has 1 amide bonds. The Kier molecular flexibility index (Phi) is 3.76. The molecule has 4 rings (SSSR count). The van der Waals surface area contributed by atoms with Crippen LogP contribution in [0.25, 0.3) is 11.0 Å². The number of nitrogens with one attached hydrogen (secondary N) is 1. The van der Waals surface area contributed by atoms with Gasteiger partial charge >= 0.3 is 0 Å². The highest BCUT2D eigenvalue weighted by Gasteiger charge is 2.31. The zero-order valence-electron chi connectivity index (χ0n) is 14.8. The van der Waals surface area contributed by atoms with Gasteiger partial charge in [0.05, 0.1) is 23.3 Å². The number of imidazole rings is 1. The minimum atomic E-state index is -0.0476. The predicted octanol–water partition coefficient (Wildman–Crippen LogP) is 2.98. The van der Waals surface area contributed by atoms with Crippen LogP contribution in [0.3, 0.4) is 0 Å². The summed E-state index contributed by atoms with van der Waals surface area (Å²) >= 11 is 1.66. The maximum atomic E-state index is 13.0. The molecule has 0 saturated carbocycles. The monoisotopic (exact) mass is 355 g/mol. The third-order valence-corrected chi connectivity index (χ3v) is 5.91. The maximum Gasteiger partial charge on any atom is 0.290 e. The maximum absolute atomic E-state index is 13.0. The average molecular weight is 355 g/mol. The smallest absolute Gasteiger partial charge is 0.290 e. The minimum Gasteiger partial charge on any atom is -0.354 e. The van der Waals surface area contributed by atoms with Gasteiger partial charge in [0, 0.05) is 31.4 Å². The molecule has 0 saturated heterocycles. The molecular weight excluding hydrogens is 334 g/mol. The van der Waals surface area contributed by atoms with Crippen LogP contribution in [0.2, 0.25) is 0 Å². The van der Waals surface area contributed by atoms with Crippen LogP contribution in [-0.2, 0) is 13.0 Å². The van der Waals surface area contributed by atoms with Crippen molar-refractivity contribution in [3.8, 4) is 0 Å². The van der Waals surface area contributed by atoms with E-state index in [-0.39, 0.29) is 11.9 Å². The highest BCUT2D eigenvalue weighted by Crippen LogP contribution is 2.32. The lowest BCUT2D eigenvalue weighted by Gasteiger charge is -2.31. The SMILES string of the molecule is Cc1cccc2[nH]c(C(=O)N3Cc4sc(N(C)C)nc4C[C@H]3C)nc12. The molecule has 1 aromatic carbocycles. The van der Waals surface area contributed by atoms with Gasteiger partial charge in [-0.1, -0.05) is 23.5 Å². The Balaban J connectivity index is 1.65. The molecule has 3 heterocycles. The average Bonchev–Trinajstić information content (AvgIpc) is 3.17. The van der Waals surface area contributed by atoms with Gasteiger partial charge in [-0.25, -0.2) is 9.97 Å². The van der Waals surface area contributed by atoms with Gasteiger partial charge in [-0.05, 0) is 25.5 Å². The second kappa shape index (κ2) is 5.84. The van der Waals surface area contributed by atoms with E-state index in [2.05, 4.69) is 16.9 Å². The number of fused-ring (bicyclic) bond motifs is 2. The van der Waals surface area contributed by atoms with Crippen molar-refractivity contribution in [1.29, 1.82) is 0 Å². The van der Waals surface area contributed by atoms with E-state index in [4.69, 9.17) is 4.98 Å². The van der Waals surface area contributed by atoms with E-state index < -0.39 is 0 Å². The summed E-state index contributed by atoms with van der Waals surface area (Å²) in [6.07, 6.45) is 0.782. The predicted molar refractivity (Wildman–Crippen MR) is 100 cm³/mol. The molecule has 0 bridgehead atoms. The molecule has 0 aliphatic carbocycles. The molecule has 2 aromatic heterocycles. The highest BCUT2D eigenvalue weighted by molar-refractivity contribution is 7.15. The molecular formula is C18H21N5OS. The largest absolute Gasteiger partial charge is 0.354 e. The van der Waals surface area contributed by atoms with Crippen LogP contribution in [-0.4, -0.2) is 45.9 Å². The first-order valence-corrected chi connectivity index (χ1v) is 9.18. The first-order valence-electron chi connectivity index (χ1n) is 8.36. The Bertz CT molecular complexity index is 958. The lowest BCUT2D eigenvalue weighted by Crippen LogP contribution is -2.42. The zero-order valence-corrected chi connectivity index (χ0v) is 15.6. The first kappa shape index (κ1) is 16.1. The van der Waals surface area contributed by atoms with Crippen LogP contribution >= 0.6 is 11.3 Å². The van der Waals surface area contributed by atoms with E-state index in [9.17, 15) is 4.79 Å². The number of aromatic amines is 1. The van der Waals surface area contributed by atoms with E-state index in [0.717, 1.165) is 33.8 Å². The number of para-hydroxylation sites is 1. The van der Waals surface area contributed by atoms with Crippen molar-refractivity contribution in [3.05, 3.63) is 40.2 Å². The van der Waals surface area contributed by atoms with E-state index in [1.165, 1.54) is 4.88 Å². The summed E-state index contributed by atoms with van der Waals surface area (Å²) in [4.78, 5) is 30.5. The third kappa shape index (κ3) is 2.68. The molecule has 25 heavy (non-hydrogen) atoms. The topological polar surface area (TPSA) is 65.1 Å². The normalized spacial score (nSPS) is 17.0. The number of carbonyl (C=O) groups excluding carboxylic acids is 1.